The standard InChI is InChI=1S/C25H24N4O4S/c1-3-33-25(31)21-15(2)20-23(30)27-19(28-24(20)34-21)9-8-17-14-16-6-4-5-7-18(16)26-22(17)29-10-12-32-13-11-29/h4-9,14H,3,10-13H2,1-2H3,(H,27,28,30)/b9-8+. The second kappa shape index (κ2) is 9.36. The Morgan fingerprint density at radius 3 is 2.82 bits per heavy atom. The first-order chi connectivity index (χ1) is 16.5. The minimum Gasteiger partial charge on any atom is -0.462 e. The molecule has 1 N–H and O–H groups in total. The Morgan fingerprint density at radius 2 is 2.03 bits per heavy atom. The van der Waals surface area contributed by atoms with E-state index in [1.54, 1.807) is 19.9 Å². The number of aryl methyl sites for hydroxylation is 1. The quantitative estimate of drug-likeness (QED) is 0.435. The molecule has 0 bridgehead atoms. The van der Waals surface area contributed by atoms with E-state index in [4.69, 9.17) is 14.5 Å². The summed E-state index contributed by atoms with van der Waals surface area (Å²) in [6.45, 7) is 6.61. The third-order valence-corrected chi connectivity index (χ3v) is 6.91. The monoisotopic (exact) mass is 476 g/mol. The van der Waals surface area contributed by atoms with Crippen molar-refractivity contribution in [3.8, 4) is 0 Å². The first kappa shape index (κ1) is 22.2. The number of nitrogens with zero attached hydrogens (tertiary/aromatic N) is 3. The van der Waals surface area contributed by atoms with Crippen molar-refractivity contribution >= 4 is 56.4 Å². The summed E-state index contributed by atoms with van der Waals surface area (Å²) in [4.78, 5) is 40.5. The third-order valence-electron chi connectivity index (χ3n) is 5.74. The van der Waals surface area contributed by atoms with Crippen molar-refractivity contribution in [2.24, 2.45) is 0 Å². The summed E-state index contributed by atoms with van der Waals surface area (Å²) in [5.41, 5.74) is 2.17. The van der Waals surface area contributed by atoms with E-state index in [1.807, 2.05) is 30.3 Å². The van der Waals surface area contributed by atoms with E-state index in [2.05, 4.69) is 20.9 Å². The van der Waals surface area contributed by atoms with Gasteiger partial charge in [-0.1, -0.05) is 18.2 Å². The normalized spacial score (nSPS) is 14.4. The molecule has 0 amide bonds. The van der Waals surface area contributed by atoms with Crippen LogP contribution in [0.3, 0.4) is 0 Å². The lowest BCUT2D eigenvalue weighted by molar-refractivity contribution is 0.0531. The molecule has 1 aromatic carbocycles. The minimum atomic E-state index is -0.433. The van der Waals surface area contributed by atoms with Gasteiger partial charge in [0, 0.05) is 24.0 Å². The van der Waals surface area contributed by atoms with E-state index in [9.17, 15) is 9.59 Å². The summed E-state index contributed by atoms with van der Waals surface area (Å²) in [5, 5.41) is 1.45. The number of nitrogens with one attached hydrogen (secondary N) is 1. The fraction of sp³-hybridized carbons (Fsp3) is 0.280. The van der Waals surface area contributed by atoms with Crippen LogP contribution in [0, 0.1) is 6.92 Å². The van der Waals surface area contributed by atoms with Crippen molar-refractivity contribution < 1.29 is 14.3 Å². The van der Waals surface area contributed by atoms with Crippen LogP contribution in [0.4, 0.5) is 5.82 Å². The molecule has 1 aliphatic heterocycles. The highest BCUT2D eigenvalue weighted by molar-refractivity contribution is 7.20. The first-order valence-corrected chi connectivity index (χ1v) is 12.0. The fourth-order valence-electron chi connectivity index (χ4n) is 4.07. The van der Waals surface area contributed by atoms with Crippen LogP contribution in [0.25, 0.3) is 33.3 Å². The maximum atomic E-state index is 12.8. The van der Waals surface area contributed by atoms with Gasteiger partial charge >= 0.3 is 5.97 Å². The van der Waals surface area contributed by atoms with E-state index >= 15 is 0 Å². The highest BCUT2D eigenvalue weighted by atomic mass is 32.1. The summed E-state index contributed by atoms with van der Waals surface area (Å²) >= 11 is 1.18. The van der Waals surface area contributed by atoms with Crippen LogP contribution in [-0.4, -0.2) is 53.8 Å². The van der Waals surface area contributed by atoms with Gasteiger partial charge in [0.05, 0.1) is 30.7 Å². The van der Waals surface area contributed by atoms with Gasteiger partial charge in [0.2, 0.25) is 0 Å². The molecule has 3 aromatic heterocycles. The number of aromatic amines is 1. The molecule has 0 saturated carbocycles. The minimum absolute atomic E-state index is 0.273. The number of thiophene rings is 1. The van der Waals surface area contributed by atoms with Crippen molar-refractivity contribution in [1.82, 2.24) is 15.0 Å². The predicted octanol–water partition coefficient (Wildman–Crippen LogP) is 4.02. The lowest BCUT2D eigenvalue weighted by atomic mass is 10.1. The van der Waals surface area contributed by atoms with Crippen molar-refractivity contribution in [1.29, 1.82) is 0 Å². The average molecular weight is 477 g/mol. The first-order valence-electron chi connectivity index (χ1n) is 11.2. The smallest absolute Gasteiger partial charge is 0.348 e. The lowest BCUT2D eigenvalue weighted by Gasteiger charge is -2.29. The summed E-state index contributed by atoms with van der Waals surface area (Å²) < 4.78 is 10.6. The zero-order valence-electron chi connectivity index (χ0n) is 19.0. The Balaban J connectivity index is 1.55. The van der Waals surface area contributed by atoms with Crippen molar-refractivity contribution in [3.63, 3.8) is 0 Å². The molecule has 4 aromatic rings. The van der Waals surface area contributed by atoms with Crippen LogP contribution in [0.1, 0.15) is 33.5 Å². The highest BCUT2D eigenvalue weighted by Gasteiger charge is 2.20. The van der Waals surface area contributed by atoms with Gasteiger partial charge in [-0.05, 0) is 43.7 Å². The van der Waals surface area contributed by atoms with E-state index in [1.165, 1.54) is 11.3 Å². The number of aromatic nitrogens is 3. The number of pyridine rings is 1. The zero-order chi connectivity index (χ0) is 23.7. The lowest BCUT2D eigenvalue weighted by Crippen LogP contribution is -2.37. The van der Waals surface area contributed by atoms with Crippen LogP contribution >= 0.6 is 11.3 Å². The maximum Gasteiger partial charge on any atom is 0.348 e. The summed E-state index contributed by atoms with van der Waals surface area (Å²) in [6, 6.07) is 10.1. The SMILES string of the molecule is CCOC(=O)c1sc2nc(/C=C/c3cc4ccccc4nc3N3CCOCC3)[nH]c(=O)c2c1C. The van der Waals surface area contributed by atoms with E-state index < -0.39 is 5.97 Å². The molecule has 0 aliphatic carbocycles. The van der Waals surface area contributed by atoms with Crippen LogP contribution in [-0.2, 0) is 9.47 Å². The number of esters is 1. The molecule has 1 saturated heterocycles. The zero-order valence-corrected chi connectivity index (χ0v) is 19.8. The number of rotatable bonds is 5. The molecule has 0 radical (unpaired) electrons. The number of ether oxygens (including phenoxy) is 2. The number of hydrogen-bond acceptors (Lipinski definition) is 8. The molecule has 34 heavy (non-hydrogen) atoms. The fourth-order valence-corrected chi connectivity index (χ4v) is 5.16. The van der Waals surface area contributed by atoms with Gasteiger partial charge in [0.15, 0.2) is 0 Å². The summed E-state index contributed by atoms with van der Waals surface area (Å²) in [6.07, 6.45) is 3.69. The second-order valence-electron chi connectivity index (χ2n) is 7.93. The number of benzene rings is 1. The van der Waals surface area contributed by atoms with Crippen LogP contribution in [0.5, 0.6) is 0 Å². The van der Waals surface area contributed by atoms with Crippen molar-refractivity contribution in [3.05, 3.63) is 62.5 Å². The molecular weight excluding hydrogens is 452 g/mol. The average Bonchev–Trinajstić information content (AvgIpc) is 3.19. The number of para-hydroxylation sites is 1. The number of carbonyl (C=O) groups excluding carboxylic acids is 1. The topological polar surface area (TPSA) is 97.4 Å². The van der Waals surface area contributed by atoms with Gasteiger partial charge < -0.3 is 19.4 Å². The van der Waals surface area contributed by atoms with Gasteiger partial charge in [-0.15, -0.1) is 11.3 Å². The number of fused-ring (bicyclic) bond motifs is 2. The third kappa shape index (κ3) is 4.20. The Bertz CT molecular complexity index is 1470. The largest absolute Gasteiger partial charge is 0.462 e. The van der Waals surface area contributed by atoms with Crippen LogP contribution < -0.4 is 10.5 Å². The van der Waals surface area contributed by atoms with Gasteiger partial charge in [-0.25, -0.2) is 14.8 Å². The molecule has 1 aliphatic rings. The Morgan fingerprint density at radius 1 is 1.24 bits per heavy atom. The maximum absolute atomic E-state index is 12.8. The molecule has 8 nitrogen and oxygen atoms in total. The number of H-pyrrole nitrogens is 1. The molecule has 9 heteroatoms. The van der Waals surface area contributed by atoms with Crippen molar-refractivity contribution in [2.45, 2.75) is 13.8 Å². The molecule has 1 fully saturated rings. The van der Waals surface area contributed by atoms with E-state index in [0.717, 1.165) is 35.4 Å². The van der Waals surface area contributed by atoms with E-state index in [-0.39, 0.29) is 12.2 Å². The summed E-state index contributed by atoms with van der Waals surface area (Å²) in [5.74, 6) is 0.852. The second-order valence-corrected chi connectivity index (χ2v) is 8.93. The van der Waals surface area contributed by atoms with Gasteiger partial charge in [0.25, 0.3) is 5.56 Å². The van der Waals surface area contributed by atoms with Gasteiger partial charge in [-0.2, -0.15) is 0 Å². The number of morpholine rings is 1. The van der Waals surface area contributed by atoms with Crippen LogP contribution in [0.2, 0.25) is 0 Å². The Kier molecular flexibility index (Phi) is 6.12. The number of anilines is 1. The van der Waals surface area contributed by atoms with Gasteiger partial charge in [0.1, 0.15) is 21.3 Å². The molecule has 0 unspecified atom stereocenters. The molecular formula is C25H24N4O4S. The predicted molar refractivity (Wildman–Crippen MR) is 135 cm³/mol. The summed E-state index contributed by atoms with van der Waals surface area (Å²) in [7, 11) is 0. The molecule has 174 valence electrons. The van der Waals surface area contributed by atoms with Crippen LogP contribution in [0.15, 0.2) is 35.1 Å². The number of hydrogen-bond donors (Lipinski definition) is 1. The Labute approximate surface area is 199 Å². The molecule has 4 heterocycles. The van der Waals surface area contributed by atoms with Crippen molar-refractivity contribution in [2.75, 3.05) is 37.8 Å². The molecule has 0 spiro atoms. The highest BCUT2D eigenvalue weighted by Crippen LogP contribution is 2.29. The molecule has 5 rings (SSSR count). The number of carbonyl (C=O) groups is 1. The van der Waals surface area contributed by atoms with Gasteiger partial charge in [-0.3, -0.25) is 4.79 Å². The molecule has 0 atom stereocenters. The Hall–Kier alpha value is -3.56. The van der Waals surface area contributed by atoms with E-state index in [0.29, 0.717) is 39.7 Å².